The van der Waals surface area contributed by atoms with Gasteiger partial charge in [-0.3, -0.25) is 0 Å². The van der Waals surface area contributed by atoms with E-state index in [-0.39, 0.29) is 18.6 Å². The third-order valence-corrected chi connectivity index (χ3v) is 9.18. The lowest BCUT2D eigenvalue weighted by molar-refractivity contribution is -0.144. The number of thiocarbonyl (C=S) groups is 2. The minimum atomic E-state index is -5.10. The Hall–Kier alpha value is -4.58. The highest BCUT2D eigenvalue weighted by Crippen LogP contribution is 2.58. The first-order valence-corrected chi connectivity index (χ1v) is 16.1. The number of alkyl halides is 12. The van der Waals surface area contributed by atoms with Crippen molar-refractivity contribution in [3.05, 3.63) is 129 Å². The number of benzene rings is 4. The van der Waals surface area contributed by atoms with Crippen LogP contribution in [0.2, 0.25) is 0 Å². The zero-order chi connectivity index (χ0) is 38.7. The van der Waals surface area contributed by atoms with Crippen molar-refractivity contribution in [1.82, 2.24) is 0 Å². The number of ether oxygens (including phenoxy) is 2. The van der Waals surface area contributed by atoms with Crippen LogP contribution in [0.25, 0.3) is 0 Å². The molecule has 2 aliphatic carbocycles. The lowest BCUT2D eigenvalue weighted by Gasteiger charge is -2.46. The van der Waals surface area contributed by atoms with E-state index in [2.05, 4.69) is 10.6 Å². The van der Waals surface area contributed by atoms with Crippen molar-refractivity contribution in [1.29, 1.82) is 0 Å². The molecule has 0 fully saturated rings. The Morgan fingerprint density at radius 1 is 0.472 bits per heavy atom. The largest absolute Gasteiger partial charge is 0.462 e. The van der Waals surface area contributed by atoms with Gasteiger partial charge in [0.05, 0.1) is 22.3 Å². The molecule has 18 heteroatoms. The lowest BCUT2D eigenvalue weighted by atomic mass is 9.64. The molecule has 4 nitrogen and oxygen atoms in total. The average molecular weight is 795 g/mol. The van der Waals surface area contributed by atoms with Crippen LogP contribution in [0.3, 0.4) is 0 Å². The average Bonchev–Trinajstić information content (AvgIpc) is 3.05. The number of hydrogen-bond donors (Lipinski definition) is 2. The molecular formula is C35H22F12N2O2S2. The molecule has 4 aromatic carbocycles. The van der Waals surface area contributed by atoms with E-state index < -0.39 is 92.7 Å². The first-order chi connectivity index (χ1) is 24.6. The zero-order valence-corrected chi connectivity index (χ0v) is 27.9. The summed E-state index contributed by atoms with van der Waals surface area (Å²) in [5, 5.41) is 3.66. The van der Waals surface area contributed by atoms with Crippen LogP contribution < -0.4 is 10.6 Å². The van der Waals surface area contributed by atoms with E-state index in [4.69, 9.17) is 33.9 Å². The molecule has 0 heterocycles. The molecule has 2 bridgehead atoms. The van der Waals surface area contributed by atoms with Crippen LogP contribution in [0.15, 0.2) is 84.9 Å². The second-order valence-corrected chi connectivity index (χ2v) is 12.9. The van der Waals surface area contributed by atoms with Gasteiger partial charge < -0.3 is 20.1 Å². The molecule has 0 amide bonds. The Kier molecular flexibility index (Phi) is 9.85. The van der Waals surface area contributed by atoms with Gasteiger partial charge in [-0.05, 0) is 89.5 Å². The third kappa shape index (κ3) is 8.17. The summed E-state index contributed by atoms with van der Waals surface area (Å²) in [6.45, 7) is 0. The van der Waals surface area contributed by atoms with Gasteiger partial charge in [-0.1, -0.05) is 48.5 Å². The molecule has 0 aromatic heterocycles. The second-order valence-electron chi connectivity index (χ2n) is 12.2. The fourth-order valence-electron chi connectivity index (χ4n) is 6.62. The number of fused-ring (bicyclic) bond motifs is 6. The quantitative estimate of drug-likeness (QED) is 0.158. The van der Waals surface area contributed by atoms with E-state index in [0.717, 1.165) is 0 Å². The van der Waals surface area contributed by atoms with E-state index >= 15 is 0 Å². The van der Waals surface area contributed by atoms with Gasteiger partial charge in [0.25, 0.3) is 10.3 Å². The van der Waals surface area contributed by atoms with Crippen LogP contribution >= 0.6 is 24.4 Å². The van der Waals surface area contributed by atoms with Gasteiger partial charge in [0.1, 0.15) is 12.2 Å². The van der Waals surface area contributed by atoms with Crippen LogP contribution in [0, 0.1) is 0 Å². The summed E-state index contributed by atoms with van der Waals surface area (Å²) in [5.74, 6) is -1.03. The van der Waals surface area contributed by atoms with Gasteiger partial charge in [-0.2, -0.15) is 52.7 Å². The van der Waals surface area contributed by atoms with Crippen LogP contribution in [0.5, 0.6) is 0 Å². The van der Waals surface area contributed by atoms with E-state index in [1.54, 1.807) is 48.5 Å². The number of anilines is 2. The van der Waals surface area contributed by atoms with Crippen LogP contribution in [-0.2, 0) is 34.2 Å². The second kappa shape index (κ2) is 13.7. The number of halogens is 12. The van der Waals surface area contributed by atoms with E-state index in [1.807, 2.05) is 0 Å². The SMILES string of the molecule is FC(F)(F)c1cc(NC(=S)O[C@@H]2c3ccccc3[C@H]3C[C@@H]2c2ccccc2[C@H]3OC(=S)Nc2cc(C(F)(F)F)cc(C(F)(F)F)c2)cc(C(F)(F)F)c1. The fourth-order valence-corrected chi connectivity index (χ4v) is 7.06. The highest BCUT2D eigenvalue weighted by atomic mass is 32.1. The van der Waals surface area contributed by atoms with Crippen molar-refractivity contribution in [2.45, 2.75) is 55.2 Å². The summed E-state index contributed by atoms with van der Waals surface area (Å²) in [6.07, 6.45) is -21.9. The molecule has 0 unspecified atom stereocenters. The van der Waals surface area contributed by atoms with Gasteiger partial charge in [0.2, 0.25) is 0 Å². The summed E-state index contributed by atoms with van der Waals surface area (Å²) in [6, 6.07) is 15.3. The first kappa shape index (κ1) is 38.2. The number of nitrogens with one attached hydrogen (secondary N) is 2. The molecule has 280 valence electrons. The molecule has 0 saturated heterocycles. The highest BCUT2D eigenvalue weighted by molar-refractivity contribution is 7.80. The summed E-state index contributed by atoms with van der Waals surface area (Å²) in [4.78, 5) is 0. The van der Waals surface area contributed by atoms with Crippen molar-refractivity contribution >= 4 is 46.2 Å². The van der Waals surface area contributed by atoms with Gasteiger partial charge in [0.15, 0.2) is 0 Å². The molecular weight excluding hydrogens is 773 g/mol. The molecule has 0 spiro atoms. The third-order valence-electron chi connectivity index (χ3n) is 8.78. The Bertz CT molecular complexity index is 1850. The molecule has 0 aliphatic heterocycles. The van der Waals surface area contributed by atoms with Crippen molar-refractivity contribution in [3.8, 4) is 0 Å². The number of hydrogen-bond acceptors (Lipinski definition) is 4. The van der Waals surface area contributed by atoms with Crippen molar-refractivity contribution < 1.29 is 62.2 Å². The summed E-state index contributed by atoms with van der Waals surface area (Å²) in [7, 11) is 0. The maximum atomic E-state index is 13.5. The van der Waals surface area contributed by atoms with Crippen LogP contribution in [-0.4, -0.2) is 10.3 Å². The monoisotopic (exact) mass is 794 g/mol. The van der Waals surface area contributed by atoms with E-state index in [9.17, 15) is 52.7 Å². The summed E-state index contributed by atoms with van der Waals surface area (Å²) >= 11 is 10.6. The minimum Gasteiger partial charge on any atom is -0.462 e. The number of rotatable bonds is 4. The predicted molar refractivity (Wildman–Crippen MR) is 176 cm³/mol. The molecule has 2 aliphatic rings. The predicted octanol–water partition coefficient (Wildman–Crippen LogP) is 12.0. The normalized spacial score (nSPS) is 19.8. The maximum Gasteiger partial charge on any atom is 0.416 e. The smallest absolute Gasteiger partial charge is 0.416 e. The molecule has 6 rings (SSSR count). The molecule has 2 N–H and O–H groups in total. The zero-order valence-electron chi connectivity index (χ0n) is 26.3. The highest BCUT2D eigenvalue weighted by Gasteiger charge is 2.47. The van der Waals surface area contributed by atoms with Crippen molar-refractivity contribution in [3.63, 3.8) is 0 Å². The van der Waals surface area contributed by atoms with E-state index in [0.29, 0.717) is 46.5 Å². The van der Waals surface area contributed by atoms with Crippen molar-refractivity contribution in [2.75, 3.05) is 10.6 Å². The fraction of sp³-hybridized carbons (Fsp3) is 0.257. The Morgan fingerprint density at radius 2 is 0.755 bits per heavy atom. The van der Waals surface area contributed by atoms with Gasteiger partial charge in [-0.25, -0.2) is 0 Å². The Morgan fingerprint density at radius 3 is 1.04 bits per heavy atom. The molecule has 4 atom stereocenters. The lowest BCUT2D eigenvalue weighted by Crippen LogP contribution is -2.36. The summed E-state index contributed by atoms with van der Waals surface area (Å²) < 4.78 is 174. The van der Waals surface area contributed by atoms with E-state index in [1.165, 1.54) is 0 Å². The van der Waals surface area contributed by atoms with Crippen molar-refractivity contribution in [2.24, 2.45) is 0 Å². The Labute approximate surface area is 303 Å². The maximum absolute atomic E-state index is 13.5. The van der Waals surface area contributed by atoms with Gasteiger partial charge >= 0.3 is 24.7 Å². The standard InChI is InChI=1S/C35H22F12N2O2S2/c36-32(37,38)16-9-17(33(39,40)41)12-20(11-16)48-30(52)50-28-24-7-3-1-5-22(24)26-15-27(28)23-6-2-4-8-25(23)29(26)51-31(53)49-21-13-18(34(42,43)44)10-19(14-21)35(45,46)47/h1-14,26-29H,15H2,(H,48,52)(H,49,53)/t26-,27-,28-,29-/m1/s1. The first-order valence-electron chi connectivity index (χ1n) is 15.3. The molecule has 4 aromatic rings. The molecule has 0 saturated carbocycles. The Balaban J connectivity index is 1.29. The molecule has 0 radical (unpaired) electrons. The molecule has 53 heavy (non-hydrogen) atoms. The minimum absolute atomic E-state index is 0.0232. The van der Waals surface area contributed by atoms with Crippen LogP contribution in [0.4, 0.5) is 64.1 Å². The van der Waals surface area contributed by atoms with Gasteiger partial charge in [-0.15, -0.1) is 0 Å². The summed E-state index contributed by atoms with van der Waals surface area (Å²) in [5.41, 5.74) is -5.14. The topological polar surface area (TPSA) is 42.5 Å². The van der Waals surface area contributed by atoms with Gasteiger partial charge in [0, 0.05) is 23.2 Å². The van der Waals surface area contributed by atoms with Crippen LogP contribution in [0.1, 0.15) is 75.0 Å².